The molecule has 0 radical (unpaired) electrons. The number of aliphatic imine (C=N–C) groups is 1. The SMILES string of the molecule is C=N/C=C\C=C(/C)c1nn(C)cc1-c1ccnc(N)n1. The Kier molecular flexibility index (Phi) is 4.05. The summed E-state index contributed by atoms with van der Waals surface area (Å²) >= 11 is 0. The van der Waals surface area contributed by atoms with Crippen molar-refractivity contribution in [2.24, 2.45) is 12.0 Å². The molecule has 0 unspecified atom stereocenters. The van der Waals surface area contributed by atoms with Gasteiger partial charge in [0.15, 0.2) is 0 Å². The molecule has 20 heavy (non-hydrogen) atoms. The Bertz CT molecular complexity index is 681. The summed E-state index contributed by atoms with van der Waals surface area (Å²) in [6.45, 7) is 5.37. The summed E-state index contributed by atoms with van der Waals surface area (Å²) in [4.78, 5) is 11.8. The van der Waals surface area contributed by atoms with Gasteiger partial charge in [0.2, 0.25) is 5.95 Å². The number of rotatable bonds is 4. The Morgan fingerprint density at radius 1 is 1.50 bits per heavy atom. The lowest BCUT2D eigenvalue weighted by Crippen LogP contribution is -1.95. The zero-order chi connectivity index (χ0) is 14.5. The minimum absolute atomic E-state index is 0.245. The standard InChI is InChI=1S/C14H16N6/c1-10(5-4-7-16-2)13-11(9-20(3)19-13)12-6-8-17-14(15)18-12/h4-9H,2H2,1,3H3,(H2,15,17,18)/b7-4-,10-5+. The summed E-state index contributed by atoms with van der Waals surface area (Å²) in [7, 11) is 1.87. The van der Waals surface area contributed by atoms with E-state index in [1.54, 1.807) is 17.1 Å². The minimum Gasteiger partial charge on any atom is -0.368 e. The van der Waals surface area contributed by atoms with E-state index in [0.717, 1.165) is 22.5 Å². The van der Waals surface area contributed by atoms with E-state index in [0.29, 0.717) is 0 Å². The maximum Gasteiger partial charge on any atom is 0.220 e. The van der Waals surface area contributed by atoms with E-state index in [1.807, 2.05) is 38.4 Å². The number of aryl methyl sites for hydroxylation is 1. The fourth-order valence-corrected chi connectivity index (χ4v) is 1.82. The van der Waals surface area contributed by atoms with E-state index in [4.69, 9.17) is 5.73 Å². The van der Waals surface area contributed by atoms with Crippen molar-refractivity contribution in [3.05, 3.63) is 42.5 Å². The molecule has 0 saturated heterocycles. The van der Waals surface area contributed by atoms with Gasteiger partial charge in [-0.05, 0) is 31.4 Å². The highest BCUT2D eigenvalue weighted by Crippen LogP contribution is 2.26. The molecule has 2 rings (SSSR count). The Hall–Kier alpha value is -2.76. The normalized spacial score (nSPS) is 12.0. The third-order valence-corrected chi connectivity index (χ3v) is 2.69. The van der Waals surface area contributed by atoms with Gasteiger partial charge < -0.3 is 5.73 Å². The molecular formula is C14H16N6. The minimum atomic E-state index is 0.245. The molecule has 0 spiro atoms. The molecule has 2 N–H and O–H groups in total. The highest BCUT2D eigenvalue weighted by Gasteiger charge is 2.12. The number of anilines is 1. The van der Waals surface area contributed by atoms with Crippen LogP contribution in [0.5, 0.6) is 0 Å². The van der Waals surface area contributed by atoms with Crippen LogP contribution in [0.25, 0.3) is 16.8 Å². The van der Waals surface area contributed by atoms with Crippen molar-refractivity contribution in [1.82, 2.24) is 19.7 Å². The van der Waals surface area contributed by atoms with Gasteiger partial charge in [-0.1, -0.05) is 6.08 Å². The molecule has 0 amide bonds. The zero-order valence-electron chi connectivity index (χ0n) is 11.5. The average Bonchev–Trinajstić information content (AvgIpc) is 2.81. The van der Waals surface area contributed by atoms with Crippen molar-refractivity contribution in [3.8, 4) is 11.3 Å². The number of allylic oxidation sites excluding steroid dienone is 3. The molecule has 0 saturated carbocycles. The number of nitrogens with zero attached hydrogens (tertiary/aromatic N) is 5. The van der Waals surface area contributed by atoms with E-state index in [-0.39, 0.29) is 5.95 Å². The fraction of sp³-hybridized carbons (Fsp3) is 0.143. The maximum absolute atomic E-state index is 5.63. The molecule has 0 bridgehead atoms. The summed E-state index contributed by atoms with van der Waals surface area (Å²) in [6.07, 6.45) is 8.90. The fourth-order valence-electron chi connectivity index (χ4n) is 1.82. The molecule has 6 heteroatoms. The summed E-state index contributed by atoms with van der Waals surface area (Å²) < 4.78 is 1.75. The monoisotopic (exact) mass is 268 g/mol. The van der Waals surface area contributed by atoms with Crippen molar-refractivity contribution >= 4 is 18.2 Å². The zero-order valence-corrected chi connectivity index (χ0v) is 11.5. The molecule has 6 nitrogen and oxygen atoms in total. The second-order valence-corrected chi connectivity index (χ2v) is 4.24. The number of hydrogen-bond donors (Lipinski definition) is 1. The molecule has 2 heterocycles. The number of aromatic nitrogens is 4. The Morgan fingerprint density at radius 2 is 2.30 bits per heavy atom. The van der Waals surface area contributed by atoms with Gasteiger partial charge in [0.25, 0.3) is 0 Å². The highest BCUT2D eigenvalue weighted by atomic mass is 15.3. The molecule has 0 fully saturated rings. The quantitative estimate of drug-likeness (QED) is 0.679. The number of nitrogens with two attached hydrogens (primary N) is 1. The Morgan fingerprint density at radius 3 is 3.00 bits per heavy atom. The van der Waals surface area contributed by atoms with Crippen molar-refractivity contribution in [3.63, 3.8) is 0 Å². The van der Waals surface area contributed by atoms with Crippen LogP contribution in [0.4, 0.5) is 5.95 Å². The van der Waals surface area contributed by atoms with E-state index < -0.39 is 0 Å². The number of nitrogen functional groups attached to an aromatic ring is 1. The van der Waals surface area contributed by atoms with Crippen LogP contribution in [-0.2, 0) is 7.05 Å². The van der Waals surface area contributed by atoms with Crippen LogP contribution in [0, 0.1) is 0 Å². The lowest BCUT2D eigenvalue weighted by Gasteiger charge is -2.02. The summed E-state index contributed by atoms with van der Waals surface area (Å²) in [6, 6.07) is 1.81. The molecule has 0 aliphatic carbocycles. The first-order chi connectivity index (χ1) is 9.61. The van der Waals surface area contributed by atoms with Crippen LogP contribution in [0.1, 0.15) is 12.6 Å². The largest absolute Gasteiger partial charge is 0.368 e. The molecule has 0 aliphatic rings. The van der Waals surface area contributed by atoms with Crippen molar-refractivity contribution in [2.45, 2.75) is 6.92 Å². The predicted molar refractivity (Wildman–Crippen MR) is 81.0 cm³/mol. The van der Waals surface area contributed by atoms with Gasteiger partial charge in [0, 0.05) is 31.2 Å². The summed E-state index contributed by atoms with van der Waals surface area (Å²) in [5.41, 5.74) is 9.14. The highest BCUT2D eigenvalue weighted by molar-refractivity contribution is 5.77. The van der Waals surface area contributed by atoms with E-state index in [9.17, 15) is 0 Å². The molecule has 102 valence electrons. The van der Waals surface area contributed by atoms with E-state index >= 15 is 0 Å². The van der Waals surface area contributed by atoms with Gasteiger partial charge in [-0.3, -0.25) is 9.67 Å². The number of hydrogen-bond acceptors (Lipinski definition) is 5. The van der Waals surface area contributed by atoms with E-state index in [1.165, 1.54) is 0 Å². The van der Waals surface area contributed by atoms with E-state index in [2.05, 4.69) is 26.8 Å². The summed E-state index contributed by atoms with van der Waals surface area (Å²) in [5.74, 6) is 0.245. The third kappa shape index (κ3) is 2.97. The predicted octanol–water partition coefficient (Wildman–Crippen LogP) is 2.08. The van der Waals surface area contributed by atoms with Gasteiger partial charge in [-0.25, -0.2) is 9.97 Å². The Labute approximate surface area is 117 Å². The van der Waals surface area contributed by atoms with Crippen molar-refractivity contribution in [2.75, 3.05) is 5.73 Å². The second kappa shape index (κ2) is 5.92. The van der Waals surface area contributed by atoms with Gasteiger partial charge in [0.1, 0.15) is 0 Å². The maximum atomic E-state index is 5.63. The summed E-state index contributed by atoms with van der Waals surface area (Å²) in [5, 5.41) is 4.46. The van der Waals surface area contributed by atoms with Crippen LogP contribution in [-0.4, -0.2) is 26.5 Å². The third-order valence-electron chi connectivity index (χ3n) is 2.69. The van der Waals surface area contributed by atoms with Gasteiger partial charge in [-0.2, -0.15) is 5.10 Å². The first kappa shape index (κ1) is 13.7. The second-order valence-electron chi connectivity index (χ2n) is 4.24. The van der Waals surface area contributed by atoms with Gasteiger partial charge >= 0.3 is 0 Å². The van der Waals surface area contributed by atoms with Crippen LogP contribution in [0.2, 0.25) is 0 Å². The van der Waals surface area contributed by atoms with Gasteiger partial charge in [0.05, 0.1) is 11.4 Å². The van der Waals surface area contributed by atoms with Crippen molar-refractivity contribution < 1.29 is 0 Å². The average molecular weight is 268 g/mol. The van der Waals surface area contributed by atoms with Crippen LogP contribution < -0.4 is 5.73 Å². The molecule has 0 aliphatic heterocycles. The molecule has 2 aromatic heterocycles. The van der Waals surface area contributed by atoms with Gasteiger partial charge in [-0.15, -0.1) is 0 Å². The lowest BCUT2D eigenvalue weighted by atomic mass is 10.1. The molecule has 0 aromatic carbocycles. The molecule has 0 atom stereocenters. The first-order valence-corrected chi connectivity index (χ1v) is 6.04. The smallest absolute Gasteiger partial charge is 0.220 e. The topological polar surface area (TPSA) is 82.0 Å². The molecular weight excluding hydrogens is 252 g/mol. The lowest BCUT2D eigenvalue weighted by molar-refractivity contribution is 0.763. The Balaban J connectivity index is 2.48. The van der Waals surface area contributed by atoms with Crippen LogP contribution in [0.3, 0.4) is 0 Å². The van der Waals surface area contributed by atoms with Crippen molar-refractivity contribution in [1.29, 1.82) is 0 Å². The van der Waals surface area contributed by atoms with Crippen LogP contribution in [0.15, 0.2) is 41.8 Å². The molecule has 2 aromatic rings. The first-order valence-electron chi connectivity index (χ1n) is 6.04. The van der Waals surface area contributed by atoms with Crippen LogP contribution >= 0.6 is 0 Å².